The lowest BCUT2D eigenvalue weighted by Gasteiger charge is -2.40. The summed E-state index contributed by atoms with van der Waals surface area (Å²) in [6.07, 6.45) is -0.425. The van der Waals surface area contributed by atoms with Gasteiger partial charge < -0.3 is 9.64 Å². The molecule has 5 nitrogen and oxygen atoms in total. The molecule has 0 saturated carbocycles. The predicted molar refractivity (Wildman–Crippen MR) is 92.5 cm³/mol. The summed E-state index contributed by atoms with van der Waals surface area (Å²) in [4.78, 5) is 13.3. The molecule has 1 fully saturated rings. The van der Waals surface area contributed by atoms with Gasteiger partial charge in [-0.1, -0.05) is 30.3 Å². The maximum atomic E-state index is 14.3. The first-order valence-corrected chi connectivity index (χ1v) is 8.15. The molecule has 26 heavy (non-hydrogen) atoms. The van der Waals surface area contributed by atoms with Crippen LogP contribution in [0, 0.1) is 28.9 Å². The van der Waals surface area contributed by atoms with Gasteiger partial charge in [0.25, 0.3) is 0 Å². The number of nitrogens with one attached hydrogen (secondary N) is 1. The van der Waals surface area contributed by atoms with Crippen molar-refractivity contribution in [1.82, 2.24) is 0 Å². The van der Waals surface area contributed by atoms with Crippen molar-refractivity contribution in [3.05, 3.63) is 59.7 Å². The average Bonchev–Trinajstić information content (AvgIpc) is 2.58. The number of nitriles is 1. The molecule has 134 valence electrons. The second-order valence-corrected chi connectivity index (χ2v) is 6.11. The SMILES string of the molecule is N#CCC1CN(c2c(F)cc(NC(=O)OCc3ccccc3)cc2F)C1. The quantitative estimate of drug-likeness (QED) is 0.876. The van der Waals surface area contributed by atoms with Gasteiger partial charge in [-0.3, -0.25) is 5.32 Å². The van der Waals surface area contributed by atoms with Gasteiger partial charge in [0.15, 0.2) is 11.6 Å². The number of halogens is 2. The van der Waals surface area contributed by atoms with Gasteiger partial charge in [0.1, 0.15) is 12.3 Å². The minimum Gasteiger partial charge on any atom is -0.444 e. The summed E-state index contributed by atoms with van der Waals surface area (Å²) >= 11 is 0. The highest BCUT2D eigenvalue weighted by molar-refractivity contribution is 5.85. The monoisotopic (exact) mass is 357 g/mol. The van der Waals surface area contributed by atoms with Crippen LogP contribution in [0.3, 0.4) is 0 Å². The number of nitrogens with zero attached hydrogens (tertiary/aromatic N) is 2. The van der Waals surface area contributed by atoms with Crippen molar-refractivity contribution < 1.29 is 18.3 Å². The molecule has 0 spiro atoms. The molecule has 1 aliphatic rings. The van der Waals surface area contributed by atoms with Crippen molar-refractivity contribution in [3.8, 4) is 6.07 Å². The van der Waals surface area contributed by atoms with Crippen molar-refractivity contribution in [2.24, 2.45) is 5.92 Å². The van der Waals surface area contributed by atoms with Gasteiger partial charge >= 0.3 is 6.09 Å². The molecule has 1 N–H and O–H groups in total. The maximum absolute atomic E-state index is 14.3. The molecule has 2 aromatic rings. The lowest BCUT2D eigenvalue weighted by molar-refractivity contribution is 0.155. The highest BCUT2D eigenvalue weighted by Crippen LogP contribution is 2.33. The number of hydrogen-bond acceptors (Lipinski definition) is 4. The number of anilines is 2. The summed E-state index contributed by atoms with van der Waals surface area (Å²) in [5, 5.41) is 11.0. The second kappa shape index (κ2) is 7.83. The molecule has 0 bridgehead atoms. The van der Waals surface area contributed by atoms with E-state index >= 15 is 0 Å². The molecule has 1 heterocycles. The van der Waals surface area contributed by atoms with Gasteiger partial charge in [0.05, 0.1) is 6.07 Å². The summed E-state index contributed by atoms with van der Waals surface area (Å²) in [6, 6.07) is 13.2. The first-order chi connectivity index (χ1) is 12.6. The third kappa shape index (κ3) is 4.09. The zero-order valence-corrected chi connectivity index (χ0v) is 13.9. The van der Waals surface area contributed by atoms with E-state index in [2.05, 4.69) is 5.32 Å². The Morgan fingerprint density at radius 1 is 1.23 bits per heavy atom. The Kier molecular flexibility index (Phi) is 5.32. The molecule has 2 aromatic carbocycles. The lowest BCUT2D eigenvalue weighted by Crippen LogP contribution is -2.47. The zero-order valence-electron chi connectivity index (χ0n) is 13.9. The Morgan fingerprint density at radius 2 is 1.88 bits per heavy atom. The van der Waals surface area contributed by atoms with Crippen LogP contribution < -0.4 is 10.2 Å². The minimum absolute atomic E-state index is 0.0177. The third-order valence-corrected chi connectivity index (χ3v) is 4.13. The van der Waals surface area contributed by atoms with Crippen LogP contribution in [0.2, 0.25) is 0 Å². The van der Waals surface area contributed by atoms with Crippen LogP contribution in [0.15, 0.2) is 42.5 Å². The number of rotatable bonds is 5. The van der Waals surface area contributed by atoms with E-state index in [9.17, 15) is 13.6 Å². The molecule has 1 aliphatic heterocycles. The van der Waals surface area contributed by atoms with Crippen LogP contribution >= 0.6 is 0 Å². The number of amides is 1. The molecule has 0 aromatic heterocycles. The predicted octanol–water partition coefficient (Wildman–Crippen LogP) is 4.06. The van der Waals surface area contributed by atoms with Crippen molar-refractivity contribution in [3.63, 3.8) is 0 Å². The van der Waals surface area contributed by atoms with Gasteiger partial charge in [-0.25, -0.2) is 13.6 Å². The Bertz CT molecular complexity index is 807. The van der Waals surface area contributed by atoms with Crippen LogP contribution in [0.25, 0.3) is 0 Å². The first-order valence-electron chi connectivity index (χ1n) is 8.15. The fourth-order valence-corrected chi connectivity index (χ4v) is 2.83. The topological polar surface area (TPSA) is 65.4 Å². The normalized spacial score (nSPS) is 13.7. The molecule has 1 saturated heterocycles. The Balaban J connectivity index is 1.59. The highest BCUT2D eigenvalue weighted by atomic mass is 19.1. The summed E-state index contributed by atoms with van der Waals surface area (Å²) in [5.74, 6) is -1.40. The molecule has 0 unspecified atom stereocenters. The molecule has 0 atom stereocenters. The largest absolute Gasteiger partial charge is 0.444 e. The molecule has 1 amide bonds. The molecule has 0 aliphatic carbocycles. The number of carbonyl (C=O) groups excluding carboxylic acids is 1. The number of hydrogen-bond donors (Lipinski definition) is 1. The van der Waals surface area contributed by atoms with Crippen LogP contribution in [-0.4, -0.2) is 19.2 Å². The van der Waals surface area contributed by atoms with E-state index in [0.29, 0.717) is 19.5 Å². The fourth-order valence-electron chi connectivity index (χ4n) is 2.83. The smallest absolute Gasteiger partial charge is 0.411 e. The minimum atomic E-state index is -0.793. The van der Waals surface area contributed by atoms with E-state index in [4.69, 9.17) is 10.00 Å². The van der Waals surface area contributed by atoms with Crippen LogP contribution in [0.4, 0.5) is 25.0 Å². The first kappa shape index (κ1) is 17.7. The van der Waals surface area contributed by atoms with E-state index in [1.165, 1.54) is 0 Å². The Hall–Kier alpha value is -3.14. The van der Waals surface area contributed by atoms with Gasteiger partial charge in [0.2, 0.25) is 0 Å². The second-order valence-electron chi connectivity index (χ2n) is 6.11. The van der Waals surface area contributed by atoms with Gasteiger partial charge in [-0.05, 0) is 17.7 Å². The van der Waals surface area contributed by atoms with Crippen molar-refractivity contribution in [2.75, 3.05) is 23.3 Å². The molecule has 7 heteroatoms. The Labute approximate surface area is 149 Å². The standard InChI is InChI=1S/C19H17F2N3O2/c20-16-8-15(23-19(25)26-12-13-4-2-1-3-5-13)9-17(21)18(16)24-10-14(11-24)6-7-22/h1-5,8-9,14H,6,10-12H2,(H,23,25). The average molecular weight is 357 g/mol. The van der Waals surface area contributed by atoms with Crippen LogP contribution in [0.1, 0.15) is 12.0 Å². The Morgan fingerprint density at radius 3 is 2.50 bits per heavy atom. The number of benzene rings is 2. The van der Waals surface area contributed by atoms with E-state index < -0.39 is 17.7 Å². The summed E-state index contributed by atoms with van der Waals surface area (Å²) in [7, 11) is 0. The molecular weight excluding hydrogens is 340 g/mol. The lowest BCUT2D eigenvalue weighted by atomic mass is 9.96. The highest BCUT2D eigenvalue weighted by Gasteiger charge is 2.30. The fraction of sp³-hybridized carbons (Fsp3) is 0.263. The third-order valence-electron chi connectivity index (χ3n) is 4.13. The van der Waals surface area contributed by atoms with Gasteiger partial charge in [-0.2, -0.15) is 5.26 Å². The van der Waals surface area contributed by atoms with Crippen molar-refractivity contribution in [1.29, 1.82) is 5.26 Å². The van der Waals surface area contributed by atoms with E-state index in [0.717, 1.165) is 17.7 Å². The summed E-state index contributed by atoms with van der Waals surface area (Å²) < 4.78 is 33.5. The van der Waals surface area contributed by atoms with Crippen molar-refractivity contribution >= 4 is 17.5 Å². The van der Waals surface area contributed by atoms with Gasteiger partial charge in [-0.15, -0.1) is 0 Å². The van der Waals surface area contributed by atoms with E-state index in [1.807, 2.05) is 24.3 Å². The number of carbonyl (C=O) groups is 1. The molecule has 0 radical (unpaired) electrons. The number of ether oxygens (including phenoxy) is 1. The molecular formula is C19H17F2N3O2. The van der Waals surface area contributed by atoms with Crippen LogP contribution in [-0.2, 0) is 11.3 Å². The molecule has 3 rings (SSSR count). The van der Waals surface area contributed by atoms with E-state index in [1.54, 1.807) is 17.0 Å². The summed E-state index contributed by atoms with van der Waals surface area (Å²) in [5.41, 5.74) is 0.651. The summed E-state index contributed by atoms with van der Waals surface area (Å²) in [6.45, 7) is 0.935. The van der Waals surface area contributed by atoms with Crippen molar-refractivity contribution in [2.45, 2.75) is 13.0 Å². The maximum Gasteiger partial charge on any atom is 0.411 e. The van der Waals surface area contributed by atoms with Crippen LogP contribution in [0.5, 0.6) is 0 Å². The zero-order chi connectivity index (χ0) is 18.5. The van der Waals surface area contributed by atoms with E-state index in [-0.39, 0.29) is 23.9 Å². The van der Waals surface area contributed by atoms with Gasteiger partial charge in [0, 0.05) is 31.1 Å².